The van der Waals surface area contributed by atoms with Crippen LogP contribution in [-0.2, 0) is 10.0 Å². The van der Waals surface area contributed by atoms with Gasteiger partial charge in [-0.15, -0.1) is 23.7 Å². The van der Waals surface area contributed by atoms with Crippen molar-refractivity contribution in [3.8, 4) is 11.3 Å². The number of thiophene rings is 1. The number of halogens is 1. The average molecular weight is 316 g/mol. The Hall–Kier alpha value is -1.41. The molecule has 0 spiro atoms. The molecule has 3 N–H and O–H groups in total. The van der Waals surface area contributed by atoms with Gasteiger partial charge in [0.2, 0.25) is 10.0 Å². The number of primary sulfonamides is 1. The van der Waals surface area contributed by atoms with Crippen LogP contribution in [0.2, 0.25) is 0 Å². The summed E-state index contributed by atoms with van der Waals surface area (Å²) in [5.74, 6) is 0. The van der Waals surface area contributed by atoms with Crippen molar-refractivity contribution in [2.24, 2.45) is 5.14 Å². The molecule has 3 rings (SSSR count). The van der Waals surface area contributed by atoms with Crippen LogP contribution in [0.4, 0.5) is 0 Å². The highest BCUT2D eigenvalue weighted by molar-refractivity contribution is 7.91. The molecular weight excluding hydrogens is 306 g/mol. The highest BCUT2D eigenvalue weighted by Gasteiger charge is 2.12. The average Bonchev–Trinajstić information content (AvgIpc) is 2.96. The minimum atomic E-state index is -3.63. The molecule has 5 nitrogen and oxygen atoms in total. The van der Waals surface area contributed by atoms with Gasteiger partial charge in [0.1, 0.15) is 4.21 Å². The zero-order chi connectivity index (χ0) is 12.8. The third-order valence-electron chi connectivity index (χ3n) is 2.57. The number of aromatic nitrogens is 2. The quantitative estimate of drug-likeness (QED) is 0.760. The number of rotatable bonds is 2. The van der Waals surface area contributed by atoms with Crippen LogP contribution in [0.25, 0.3) is 21.3 Å². The van der Waals surface area contributed by atoms with E-state index in [-0.39, 0.29) is 16.6 Å². The smallest absolute Gasteiger partial charge is 0.247 e. The normalized spacial score (nSPS) is 11.4. The summed E-state index contributed by atoms with van der Waals surface area (Å²) in [5.41, 5.74) is 1.76. The van der Waals surface area contributed by atoms with Crippen molar-refractivity contribution < 1.29 is 8.42 Å². The number of hydrogen-bond acceptors (Lipinski definition) is 4. The largest absolute Gasteiger partial charge is 0.351 e. The lowest BCUT2D eigenvalue weighted by atomic mass is 10.1. The van der Waals surface area contributed by atoms with Gasteiger partial charge in [-0.05, 0) is 17.5 Å². The third-order valence-corrected chi connectivity index (χ3v) is 5.09. The van der Waals surface area contributed by atoms with Crippen LogP contribution >= 0.6 is 23.7 Å². The Bertz CT molecular complexity index is 810. The second-order valence-corrected chi connectivity index (χ2v) is 6.69. The number of nitrogens with two attached hydrogens (primary N) is 1. The first kappa shape index (κ1) is 14.0. The molecule has 0 aliphatic carbocycles. The van der Waals surface area contributed by atoms with Crippen molar-refractivity contribution in [1.82, 2.24) is 9.97 Å². The highest BCUT2D eigenvalue weighted by Crippen LogP contribution is 2.31. The molecule has 3 aromatic rings. The maximum absolute atomic E-state index is 11.3. The summed E-state index contributed by atoms with van der Waals surface area (Å²) in [4.78, 5) is 7.04. The maximum atomic E-state index is 11.3. The van der Waals surface area contributed by atoms with Gasteiger partial charge in [0, 0.05) is 16.5 Å². The fraction of sp³-hybridized carbons (Fsp3) is 0. The van der Waals surface area contributed by atoms with Crippen molar-refractivity contribution >= 4 is 43.9 Å². The summed E-state index contributed by atoms with van der Waals surface area (Å²) in [5, 5.41) is 5.98. The number of hydrogen-bond donors (Lipinski definition) is 2. The van der Waals surface area contributed by atoms with E-state index >= 15 is 0 Å². The number of imidazole rings is 1. The van der Waals surface area contributed by atoms with Gasteiger partial charge in [-0.2, -0.15) is 0 Å². The van der Waals surface area contributed by atoms with Gasteiger partial charge in [0.15, 0.2) is 0 Å². The molecule has 2 aromatic heterocycles. The molecule has 8 heteroatoms. The van der Waals surface area contributed by atoms with Crippen molar-refractivity contribution in [3.63, 3.8) is 0 Å². The van der Waals surface area contributed by atoms with Gasteiger partial charge in [-0.1, -0.05) is 12.1 Å². The fourth-order valence-corrected chi connectivity index (χ4v) is 3.58. The molecule has 19 heavy (non-hydrogen) atoms. The maximum Gasteiger partial charge on any atom is 0.247 e. The van der Waals surface area contributed by atoms with Crippen LogP contribution in [0.1, 0.15) is 0 Å². The summed E-state index contributed by atoms with van der Waals surface area (Å²) in [7, 11) is -3.63. The van der Waals surface area contributed by atoms with Crippen molar-refractivity contribution in [1.29, 1.82) is 0 Å². The van der Waals surface area contributed by atoms with Crippen LogP contribution in [-0.4, -0.2) is 18.4 Å². The fourth-order valence-electron chi connectivity index (χ4n) is 1.72. The third kappa shape index (κ3) is 2.64. The molecular formula is C11H10ClN3O2S2. The van der Waals surface area contributed by atoms with Gasteiger partial charge in [-0.25, -0.2) is 18.5 Å². The number of fused-ring (bicyclic) bond motifs is 1. The predicted molar refractivity (Wildman–Crippen MR) is 78.0 cm³/mol. The van der Waals surface area contributed by atoms with Crippen molar-refractivity contribution in [2.45, 2.75) is 4.21 Å². The van der Waals surface area contributed by atoms with Gasteiger partial charge in [0.05, 0.1) is 12.0 Å². The topological polar surface area (TPSA) is 88.8 Å². The Kier molecular flexibility index (Phi) is 3.64. The van der Waals surface area contributed by atoms with E-state index < -0.39 is 10.0 Å². The van der Waals surface area contributed by atoms with Crippen LogP contribution in [0.5, 0.6) is 0 Å². The second kappa shape index (κ2) is 4.93. The van der Waals surface area contributed by atoms with Crippen LogP contribution in [0.15, 0.2) is 41.0 Å². The summed E-state index contributed by atoms with van der Waals surface area (Å²) in [6.07, 6.45) is 3.39. The summed E-state index contributed by atoms with van der Waals surface area (Å²) in [6.45, 7) is 0. The second-order valence-electron chi connectivity index (χ2n) is 3.82. The molecule has 0 fully saturated rings. The molecule has 0 unspecified atom stereocenters. The molecule has 100 valence electrons. The minimum absolute atomic E-state index is 0. The lowest BCUT2D eigenvalue weighted by Gasteiger charge is -1.95. The first-order chi connectivity index (χ1) is 8.54. The molecule has 0 saturated heterocycles. The van der Waals surface area contributed by atoms with E-state index in [0.717, 1.165) is 32.7 Å². The summed E-state index contributed by atoms with van der Waals surface area (Å²) >= 11 is 1.16. The molecule has 0 aliphatic heterocycles. The molecule has 0 saturated carbocycles. The zero-order valence-corrected chi connectivity index (χ0v) is 12.0. The highest BCUT2D eigenvalue weighted by atomic mass is 35.5. The van der Waals surface area contributed by atoms with E-state index in [9.17, 15) is 8.42 Å². The Balaban J connectivity index is 0.00000133. The van der Waals surface area contributed by atoms with Crippen LogP contribution < -0.4 is 5.14 Å². The van der Waals surface area contributed by atoms with E-state index in [2.05, 4.69) is 9.97 Å². The van der Waals surface area contributed by atoms with Gasteiger partial charge < -0.3 is 4.98 Å². The number of benzene rings is 1. The molecule has 0 amide bonds. The Morgan fingerprint density at radius 3 is 2.68 bits per heavy atom. The number of H-pyrrole nitrogens is 1. The SMILES string of the molecule is Cl.NS(=O)(=O)c1cc2ccc(-c3c[nH]cn3)cc2s1. The van der Waals surface area contributed by atoms with Crippen molar-refractivity contribution in [2.75, 3.05) is 0 Å². The van der Waals surface area contributed by atoms with Crippen molar-refractivity contribution in [3.05, 3.63) is 36.8 Å². The van der Waals surface area contributed by atoms with Gasteiger partial charge in [0.25, 0.3) is 0 Å². The lowest BCUT2D eigenvalue weighted by molar-refractivity contribution is 0.600. The summed E-state index contributed by atoms with van der Waals surface area (Å²) < 4.78 is 23.6. The standard InChI is InChI=1S/C11H9N3O2S2.ClH/c12-18(15,16)11-4-8-2-1-7(3-10(8)17-11)9-5-13-6-14-9;/h1-6H,(H,13,14)(H2,12,15,16);1H. The molecule has 0 radical (unpaired) electrons. The molecule has 1 aromatic carbocycles. The first-order valence-corrected chi connectivity index (χ1v) is 7.46. The zero-order valence-electron chi connectivity index (χ0n) is 9.53. The van der Waals surface area contributed by atoms with E-state index in [1.54, 1.807) is 18.6 Å². The van der Waals surface area contributed by atoms with Gasteiger partial charge in [-0.3, -0.25) is 0 Å². The Morgan fingerprint density at radius 1 is 1.26 bits per heavy atom. The Labute approximate surface area is 119 Å². The van der Waals surface area contributed by atoms with E-state index in [1.165, 1.54) is 0 Å². The number of aromatic amines is 1. The molecule has 2 heterocycles. The Morgan fingerprint density at radius 2 is 2.05 bits per heavy atom. The van der Waals surface area contributed by atoms with Gasteiger partial charge >= 0.3 is 0 Å². The minimum Gasteiger partial charge on any atom is -0.351 e. The van der Waals surface area contributed by atoms with E-state index in [1.807, 2.05) is 18.2 Å². The van der Waals surface area contributed by atoms with E-state index in [4.69, 9.17) is 5.14 Å². The number of sulfonamides is 1. The molecule has 0 aliphatic rings. The lowest BCUT2D eigenvalue weighted by Crippen LogP contribution is -2.09. The molecule has 0 bridgehead atoms. The van der Waals surface area contributed by atoms with Crippen LogP contribution in [0, 0.1) is 0 Å². The monoisotopic (exact) mass is 315 g/mol. The molecule has 0 atom stereocenters. The number of nitrogens with zero attached hydrogens (tertiary/aromatic N) is 1. The predicted octanol–water partition coefficient (Wildman–Crippen LogP) is 2.36. The first-order valence-electron chi connectivity index (χ1n) is 5.09. The van der Waals surface area contributed by atoms with Crippen LogP contribution in [0.3, 0.4) is 0 Å². The van der Waals surface area contributed by atoms with E-state index in [0.29, 0.717) is 0 Å². The number of nitrogens with one attached hydrogen (secondary N) is 1. The summed E-state index contributed by atoms with van der Waals surface area (Å²) in [6, 6.07) is 7.26.